The molecule has 0 aliphatic carbocycles. The summed E-state index contributed by atoms with van der Waals surface area (Å²) in [5, 5.41) is 30.8. The highest BCUT2D eigenvalue weighted by atomic mass is 16.6. The SMILES string of the molecule is Cn1cc(-c2c([N+](=O)[O-])cc([N+](=O)[O-])c3nonc23)c2ccccc21. The monoisotopic (exact) mass is 339 g/mol. The lowest BCUT2D eigenvalue weighted by Crippen LogP contribution is -1.97. The molecule has 0 radical (unpaired) electrons. The fraction of sp³-hybridized carbons (Fsp3) is 0.0667. The molecule has 0 aliphatic heterocycles. The first kappa shape index (κ1) is 14.8. The van der Waals surface area contributed by atoms with Gasteiger partial charge in [0.15, 0.2) is 5.52 Å². The van der Waals surface area contributed by atoms with Crippen molar-refractivity contribution in [1.82, 2.24) is 14.9 Å². The van der Waals surface area contributed by atoms with Crippen LogP contribution in [0.15, 0.2) is 41.2 Å². The van der Waals surface area contributed by atoms with Crippen molar-refractivity contribution in [2.45, 2.75) is 0 Å². The number of hydrogen-bond acceptors (Lipinski definition) is 7. The van der Waals surface area contributed by atoms with Crippen molar-refractivity contribution in [1.29, 1.82) is 0 Å². The average Bonchev–Trinajstić information content (AvgIpc) is 3.18. The van der Waals surface area contributed by atoms with Crippen LogP contribution in [0.3, 0.4) is 0 Å². The molecule has 0 unspecified atom stereocenters. The summed E-state index contributed by atoms with van der Waals surface area (Å²) < 4.78 is 6.45. The molecule has 0 fully saturated rings. The molecule has 25 heavy (non-hydrogen) atoms. The molecular weight excluding hydrogens is 330 g/mol. The van der Waals surface area contributed by atoms with Crippen LogP contribution < -0.4 is 0 Å². The number of rotatable bonds is 3. The number of benzene rings is 2. The van der Waals surface area contributed by atoms with Gasteiger partial charge in [0, 0.05) is 29.7 Å². The van der Waals surface area contributed by atoms with E-state index in [9.17, 15) is 20.2 Å². The quantitative estimate of drug-likeness (QED) is 0.413. The summed E-state index contributed by atoms with van der Waals surface area (Å²) in [6.45, 7) is 0. The predicted molar refractivity (Wildman–Crippen MR) is 87.0 cm³/mol. The minimum atomic E-state index is -0.744. The van der Waals surface area contributed by atoms with E-state index in [2.05, 4.69) is 14.9 Å². The van der Waals surface area contributed by atoms with Gasteiger partial charge >= 0.3 is 5.69 Å². The number of nitrogens with zero attached hydrogens (tertiary/aromatic N) is 5. The number of hydrogen-bond donors (Lipinski definition) is 0. The first-order valence-electron chi connectivity index (χ1n) is 7.11. The third-order valence-electron chi connectivity index (χ3n) is 4.06. The summed E-state index contributed by atoms with van der Waals surface area (Å²) in [5.41, 5.74) is 0.438. The van der Waals surface area contributed by atoms with Gasteiger partial charge in [-0.3, -0.25) is 20.2 Å². The Morgan fingerprint density at radius 3 is 2.44 bits per heavy atom. The molecule has 124 valence electrons. The second-order valence-electron chi connectivity index (χ2n) is 5.44. The molecule has 10 nitrogen and oxygen atoms in total. The Kier molecular flexibility index (Phi) is 3.01. The molecule has 0 saturated heterocycles. The maximum atomic E-state index is 11.6. The molecule has 2 aromatic carbocycles. The van der Waals surface area contributed by atoms with E-state index in [1.807, 2.05) is 22.8 Å². The number of nitro benzene ring substituents is 2. The zero-order valence-electron chi connectivity index (χ0n) is 12.7. The van der Waals surface area contributed by atoms with E-state index < -0.39 is 21.2 Å². The van der Waals surface area contributed by atoms with Crippen LogP contribution in [0, 0.1) is 20.2 Å². The van der Waals surface area contributed by atoms with Crippen LogP contribution in [0.4, 0.5) is 11.4 Å². The number of aromatic nitrogens is 3. The van der Waals surface area contributed by atoms with E-state index in [0.717, 1.165) is 17.0 Å². The van der Waals surface area contributed by atoms with E-state index in [4.69, 9.17) is 0 Å². The number of fused-ring (bicyclic) bond motifs is 2. The lowest BCUT2D eigenvalue weighted by Gasteiger charge is -2.03. The van der Waals surface area contributed by atoms with Gasteiger partial charge in [0.05, 0.1) is 21.5 Å². The normalized spacial score (nSPS) is 11.2. The van der Waals surface area contributed by atoms with E-state index in [0.29, 0.717) is 5.56 Å². The molecule has 10 heteroatoms. The Morgan fingerprint density at radius 2 is 1.72 bits per heavy atom. The largest absolute Gasteiger partial charge is 0.350 e. The molecule has 0 atom stereocenters. The summed E-state index contributed by atoms with van der Waals surface area (Å²) in [7, 11) is 1.81. The Labute approximate surface area is 138 Å². The molecule has 4 rings (SSSR count). The van der Waals surface area contributed by atoms with Crippen LogP contribution in [0.2, 0.25) is 0 Å². The zero-order valence-corrected chi connectivity index (χ0v) is 12.7. The van der Waals surface area contributed by atoms with Crippen molar-refractivity contribution in [2.75, 3.05) is 0 Å². The van der Waals surface area contributed by atoms with Gasteiger partial charge in [-0.05, 0) is 16.4 Å². The smallest absolute Gasteiger partial charge is 0.307 e. The molecular formula is C15H9N5O5. The number of nitro groups is 2. The highest BCUT2D eigenvalue weighted by Gasteiger charge is 2.31. The molecule has 0 N–H and O–H groups in total. The number of para-hydroxylation sites is 1. The summed E-state index contributed by atoms with van der Waals surface area (Å²) >= 11 is 0. The van der Waals surface area contributed by atoms with E-state index in [-0.39, 0.29) is 16.6 Å². The Bertz CT molecular complexity index is 1180. The molecule has 0 saturated carbocycles. The molecule has 4 aromatic rings. The molecule has 2 aromatic heterocycles. The van der Waals surface area contributed by atoms with Crippen molar-refractivity contribution < 1.29 is 14.5 Å². The first-order valence-corrected chi connectivity index (χ1v) is 7.11. The van der Waals surface area contributed by atoms with Gasteiger partial charge in [-0.15, -0.1) is 0 Å². The second-order valence-corrected chi connectivity index (χ2v) is 5.44. The number of aryl methyl sites for hydroxylation is 1. The number of non-ortho nitro benzene ring substituents is 1. The van der Waals surface area contributed by atoms with Gasteiger partial charge in [-0.2, -0.15) is 0 Å². The van der Waals surface area contributed by atoms with Crippen LogP contribution in [0.1, 0.15) is 0 Å². The second kappa shape index (κ2) is 5.09. The van der Waals surface area contributed by atoms with E-state index >= 15 is 0 Å². The predicted octanol–water partition coefficient (Wildman–Crippen LogP) is 3.20. The van der Waals surface area contributed by atoms with Gasteiger partial charge < -0.3 is 4.57 Å². The minimum absolute atomic E-state index is 0.0164. The highest BCUT2D eigenvalue weighted by molar-refractivity contribution is 6.08. The van der Waals surface area contributed by atoms with Gasteiger partial charge in [0.25, 0.3) is 5.69 Å². The highest BCUT2D eigenvalue weighted by Crippen LogP contribution is 2.43. The third kappa shape index (κ3) is 2.04. The lowest BCUT2D eigenvalue weighted by atomic mass is 10.0. The standard InChI is InChI=1S/C15H9N5O5/c1-18-7-9(8-4-2-3-5-10(8)18)13-11(19(21)22)6-12(20(23)24)14-15(13)17-25-16-14/h2-7H,1H3. The minimum Gasteiger partial charge on any atom is -0.350 e. The molecule has 2 heterocycles. The van der Waals surface area contributed by atoms with Crippen molar-refractivity contribution in [3.05, 3.63) is 56.8 Å². The maximum absolute atomic E-state index is 11.6. The first-order chi connectivity index (χ1) is 12.0. The Hall–Kier alpha value is -3.82. The summed E-state index contributed by atoms with van der Waals surface area (Å²) in [4.78, 5) is 21.4. The fourth-order valence-corrected chi connectivity index (χ4v) is 3.00. The third-order valence-corrected chi connectivity index (χ3v) is 4.06. The van der Waals surface area contributed by atoms with Crippen LogP contribution in [0.25, 0.3) is 33.1 Å². The zero-order chi connectivity index (χ0) is 17.7. The van der Waals surface area contributed by atoms with Crippen molar-refractivity contribution in [3.8, 4) is 11.1 Å². The van der Waals surface area contributed by atoms with Gasteiger partial charge in [-0.25, -0.2) is 4.63 Å². The van der Waals surface area contributed by atoms with E-state index in [1.54, 1.807) is 19.3 Å². The van der Waals surface area contributed by atoms with Crippen LogP contribution in [-0.4, -0.2) is 24.7 Å². The van der Waals surface area contributed by atoms with Crippen molar-refractivity contribution >= 4 is 33.3 Å². The summed E-state index contributed by atoms with van der Waals surface area (Å²) in [6.07, 6.45) is 1.72. The average molecular weight is 339 g/mol. The van der Waals surface area contributed by atoms with Crippen LogP contribution >= 0.6 is 0 Å². The molecule has 0 spiro atoms. The topological polar surface area (TPSA) is 130 Å². The van der Waals surface area contributed by atoms with Crippen LogP contribution in [-0.2, 0) is 7.05 Å². The van der Waals surface area contributed by atoms with Crippen LogP contribution in [0.5, 0.6) is 0 Å². The van der Waals surface area contributed by atoms with Gasteiger partial charge in [0.1, 0.15) is 0 Å². The Balaban J connectivity index is 2.19. The maximum Gasteiger partial charge on any atom is 0.307 e. The molecule has 0 amide bonds. The van der Waals surface area contributed by atoms with Gasteiger partial charge in [-0.1, -0.05) is 18.2 Å². The van der Waals surface area contributed by atoms with Crippen molar-refractivity contribution in [2.24, 2.45) is 7.05 Å². The lowest BCUT2D eigenvalue weighted by molar-refractivity contribution is -0.392. The summed E-state index contributed by atoms with van der Waals surface area (Å²) in [6, 6.07) is 8.23. The summed E-state index contributed by atoms with van der Waals surface area (Å²) in [5.74, 6) is 0. The Morgan fingerprint density at radius 1 is 1.04 bits per heavy atom. The molecule has 0 bridgehead atoms. The van der Waals surface area contributed by atoms with E-state index in [1.165, 1.54) is 0 Å². The molecule has 0 aliphatic rings. The fourth-order valence-electron chi connectivity index (χ4n) is 3.00. The van der Waals surface area contributed by atoms with Crippen molar-refractivity contribution in [3.63, 3.8) is 0 Å². The van der Waals surface area contributed by atoms with Gasteiger partial charge in [0.2, 0.25) is 5.52 Å².